The number of halogens is 1. The van der Waals surface area contributed by atoms with Crippen LogP contribution >= 0.6 is 0 Å². The molecule has 8 heteroatoms. The highest BCUT2D eigenvalue weighted by Crippen LogP contribution is 2.34. The zero-order valence-electron chi connectivity index (χ0n) is 13.9. The van der Waals surface area contributed by atoms with E-state index in [1.54, 1.807) is 13.0 Å². The summed E-state index contributed by atoms with van der Waals surface area (Å²) in [7, 11) is 0. The minimum Gasteiger partial charge on any atom is -0.319 e. The molecule has 3 amide bonds. The average Bonchev–Trinajstić information content (AvgIpc) is 2.87. The lowest BCUT2D eigenvalue weighted by Gasteiger charge is -2.25. The number of imide groups is 1. The predicted octanol–water partition coefficient (Wildman–Crippen LogP) is 3.09. The third-order valence-electron chi connectivity index (χ3n) is 4.56. The summed E-state index contributed by atoms with van der Waals surface area (Å²) in [6, 6.07) is 10.6. The van der Waals surface area contributed by atoms with Crippen LogP contribution in [0.1, 0.15) is 24.5 Å². The monoisotopic (exact) mass is 357 g/mol. The van der Waals surface area contributed by atoms with Gasteiger partial charge in [0.25, 0.3) is 11.6 Å². The van der Waals surface area contributed by atoms with Crippen molar-refractivity contribution in [3.63, 3.8) is 0 Å². The van der Waals surface area contributed by atoms with Crippen molar-refractivity contribution in [2.45, 2.75) is 25.4 Å². The number of hydrogen-bond donors (Lipinski definition) is 1. The topological polar surface area (TPSA) is 92.6 Å². The van der Waals surface area contributed by atoms with Crippen molar-refractivity contribution in [2.24, 2.45) is 0 Å². The van der Waals surface area contributed by atoms with Gasteiger partial charge in [-0.3, -0.25) is 19.8 Å². The molecule has 1 atom stereocenters. The fourth-order valence-electron chi connectivity index (χ4n) is 3.14. The van der Waals surface area contributed by atoms with Crippen LogP contribution in [0.15, 0.2) is 48.5 Å². The summed E-state index contributed by atoms with van der Waals surface area (Å²) in [6.07, 6.45) is 0.261. The number of nitrogens with zero attached hydrogens (tertiary/aromatic N) is 2. The van der Waals surface area contributed by atoms with E-state index in [4.69, 9.17) is 0 Å². The van der Waals surface area contributed by atoms with Gasteiger partial charge in [-0.25, -0.2) is 9.18 Å². The summed E-state index contributed by atoms with van der Waals surface area (Å²) >= 11 is 0. The molecule has 0 spiro atoms. The van der Waals surface area contributed by atoms with Crippen molar-refractivity contribution < 1.29 is 18.9 Å². The number of benzene rings is 2. The molecular formula is C18H16FN3O4. The summed E-state index contributed by atoms with van der Waals surface area (Å²) in [6.45, 7) is 1.51. The van der Waals surface area contributed by atoms with E-state index in [1.807, 2.05) is 0 Å². The van der Waals surface area contributed by atoms with E-state index < -0.39 is 28.2 Å². The molecule has 1 N–H and O–H groups in total. The maximum atomic E-state index is 13.2. The molecule has 134 valence electrons. The zero-order chi connectivity index (χ0) is 18.9. The highest BCUT2D eigenvalue weighted by Gasteiger charge is 2.51. The Labute approximate surface area is 148 Å². The molecule has 0 aliphatic carbocycles. The Bertz CT molecular complexity index is 884. The largest absolute Gasteiger partial charge is 0.325 e. The second kappa shape index (κ2) is 6.55. The lowest BCUT2D eigenvalue weighted by Crippen LogP contribution is -2.43. The average molecular weight is 357 g/mol. The first-order valence-corrected chi connectivity index (χ1v) is 8.01. The molecule has 2 aromatic carbocycles. The third kappa shape index (κ3) is 2.79. The van der Waals surface area contributed by atoms with Crippen LogP contribution in [0.4, 0.5) is 14.9 Å². The van der Waals surface area contributed by atoms with E-state index >= 15 is 0 Å². The van der Waals surface area contributed by atoms with Gasteiger partial charge in [-0.1, -0.05) is 37.3 Å². The minimum atomic E-state index is -1.31. The lowest BCUT2D eigenvalue weighted by molar-refractivity contribution is -0.385. The van der Waals surface area contributed by atoms with Crippen molar-refractivity contribution in [3.8, 4) is 0 Å². The molecule has 3 rings (SSSR count). The number of urea groups is 1. The van der Waals surface area contributed by atoms with Gasteiger partial charge in [0.05, 0.1) is 11.5 Å². The maximum absolute atomic E-state index is 13.2. The standard InChI is InChI=1S/C18H16FN3O4/c1-2-18(13-7-9-14(19)10-8-13)16(23)21(17(24)20-18)11-12-5-3-4-6-15(12)22(25)26/h3-10H,2,11H2,1H3,(H,20,24). The van der Waals surface area contributed by atoms with Crippen LogP contribution in [-0.4, -0.2) is 21.8 Å². The summed E-state index contributed by atoms with van der Waals surface area (Å²) in [5.74, 6) is -0.969. The Balaban J connectivity index is 1.96. The molecule has 1 heterocycles. The predicted molar refractivity (Wildman–Crippen MR) is 90.5 cm³/mol. The van der Waals surface area contributed by atoms with Crippen LogP contribution in [-0.2, 0) is 16.9 Å². The smallest absolute Gasteiger partial charge is 0.319 e. The van der Waals surface area contributed by atoms with Gasteiger partial charge in [0.1, 0.15) is 11.4 Å². The van der Waals surface area contributed by atoms with Crippen LogP contribution in [0.25, 0.3) is 0 Å². The minimum absolute atomic E-state index is 0.163. The molecule has 1 saturated heterocycles. The van der Waals surface area contributed by atoms with Crippen molar-refractivity contribution >= 4 is 17.6 Å². The quantitative estimate of drug-likeness (QED) is 0.506. The number of amides is 3. The Kier molecular flexibility index (Phi) is 4.41. The molecule has 7 nitrogen and oxygen atoms in total. The second-order valence-electron chi connectivity index (χ2n) is 5.97. The number of carbonyl (C=O) groups is 2. The number of carbonyl (C=O) groups excluding carboxylic acids is 2. The van der Waals surface area contributed by atoms with Gasteiger partial charge in [0, 0.05) is 11.6 Å². The third-order valence-corrected chi connectivity index (χ3v) is 4.56. The Morgan fingerprint density at radius 1 is 1.15 bits per heavy atom. The van der Waals surface area contributed by atoms with Gasteiger partial charge in [0.15, 0.2) is 0 Å². The van der Waals surface area contributed by atoms with E-state index in [2.05, 4.69) is 5.32 Å². The van der Waals surface area contributed by atoms with E-state index in [0.29, 0.717) is 5.56 Å². The molecule has 1 aliphatic heterocycles. The van der Waals surface area contributed by atoms with Gasteiger partial charge in [0.2, 0.25) is 0 Å². The van der Waals surface area contributed by atoms with E-state index in [-0.39, 0.29) is 24.2 Å². The van der Waals surface area contributed by atoms with E-state index in [1.165, 1.54) is 42.5 Å². The van der Waals surface area contributed by atoms with Crippen LogP contribution in [0.2, 0.25) is 0 Å². The molecular weight excluding hydrogens is 341 g/mol. The van der Waals surface area contributed by atoms with Gasteiger partial charge in [-0.15, -0.1) is 0 Å². The molecule has 0 bridgehead atoms. The van der Waals surface area contributed by atoms with Gasteiger partial charge in [-0.05, 0) is 24.1 Å². The van der Waals surface area contributed by atoms with Gasteiger partial charge < -0.3 is 5.32 Å². The number of para-hydroxylation sites is 1. The Morgan fingerprint density at radius 2 is 1.81 bits per heavy atom. The van der Waals surface area contributed by atoms with Crippen LogP contribution < -0.4 is 5.32 Å². The summed E-state index contributed by atoms with van der Waals surface area (Å²) in [4.78, 5) is 37.0. The number of rotatable bonds is 5. The normalized spacial score (nSPS) is 19.5. The highest BCUT2D eigenvalue weighted by molar-refractivity contribution is 6.07. The fraction of sp³-hybridized carbons (Fsp3) is 0.222. The molecule has 1 aliphatic rings. The fourth-order valence-corrected chi connectivity index (χ4v) is 3.14. The molecule has 0 saturated carbocycles. The Hall–Kier alpha value is -3.29. The Morgan fingerprint density at radius 3 is 2.42 bits per heavy atom. The number of nitro groups is 1. The molecule has 1 unspecified atom stereocenters. The molecule has 2 aromatic rings. The first kappa shape index (κ1) is 17.5. The van der Waals surface area contributed by atoms with Crippen molar-refractivity contribution in [3.05, 3.63) is 75.6 Å². The molecule has 0 radical (unpaired) electrons. The first-order chi connectivity index (χ1) is 12.4. The second-order valence-corrected chi connectivity index (χ2v) is 5.97. The van der Waals surface area contributed by atoms with Crippen molar-refractivity contribution in [2.75, 3.05) is 0 Å². The van der Waals surface area contributed by atoms with Gasteiger partial charge in [-0.2, -0.15) is 0 Å². The summed E-state index contributed by atoms with van der Waals surface area (Å²) < 4.78 is 13.2. The maximum Gasteiger partial charge on any atom is 0.325 e. The first-order valence-electron chi connectivity index (χ1n) is 8.01. The van der Waals surface area contributed by atoms with Crippen molar-refractivity contribution in [1.82, 2.24) is 10.2 Å². The zero-order valence-corrected chi connectivity index (χ0v) is 13.9. The summed E-state index contributed by atoms with van der Waals surface area (Å²) in [5, 5.41) is 13.8. The van der Waals surface area contributed by atoms with Crippen LogP contribution in [0, 0.1) is 15.9 Å². The summed E-state index contributed by atoms with van der Waals surface area (Å²) in [5.41, 5.74) is -0.755. The lowest BCUT2D eigenvalue weighted by atomic mass is 9.87. The molecule has 1 fully saturated rings. The van der Waals surface area contributed by atoms with Crippen LogP contribution in [0.3, 0.4) is 0 Å². The van der Waals surface area contributed by atoms with Gasteiger partial charge >= 0.3 is 6.03 Å². The number of nitrogens with one attached hydrogen (secondary N) is 1. The van der Waals surface area contributed by atoms with E-state index in [9.17, 15) is 24.1 Å². The number of hydrogen-bond acceptors (Lipinski definition) is 4. The molecule has 0 aromatic heterocycles. The van der Waals surface area contributed by atoms with Crippen molar-refractivity contribution in [1.29, 1.82) is 0 Å². The van der Waals surface area contributed by atoms with Crippen LogP contribution in [0.5, 0.6) is 0 Å². The molecule has 26 heavy (non-hydrogen) atoms. The number of nitro benzene ring substituents is 1. The highest BCUT2D eigenvalue weighted by atomic mass is 19.1. The van der Waals surface area contributed by atoms with E-state index in [0.717, 1.165) is 4.90 Å². The SMILES string of the molecule is CCC1(c2ccc(F)cc2)NC(=O)N(Cc2ccccc2[N+](=O)[O-])C1=O.